The molecule has 4 aromatic heterocycles. The first-order valence-electron chi connectivity index (χ1n) is 15.4. The second kappa shape index (κ2) is 8.31. The molecule has 0 amide bonds. The molecule has 0 saturated carbocycles. The molecule has 0 aliphatic rings. The van der Waals surface area contributed by atoms with E-state index in [2.05, 4.69) is 132 Å². The van der Waals surface area contributed by atoms with Gasteiger partial charge in [0.15, 0.2) is 0 Å². The Bertz CT molecular complexity index is 2790. The van der Waals surface area contributed by atoms with Crippen molar-refractivity contribution < 1.29 is 8.83 Å². The fraction of sp³-hybridized carbons (Fsp3) is 0. The van der Waals surface area contributed by atoms with Crippen molar-refractivity contribution in [1.82, 2.24) is 4.40 Å². The second-order valence-electron chi connectivity index (χ2n) is 12.0. The number of rotatable bonds is 2. The molecule has 0 bridgehead atoms. The summed E-state index contributed by atoms with van der Waals surface area (Å²) in [6.45, 7) is 0. The Labute approximate surface area is 256 Å². The lowest BCUT2D eigenvalue weighted by Gasteiger charge is -2.08. The monoisotopic (exact) mass is 573 g/mol. The van der Waals surface area contributed by atoms with Gasteiger partial charge >= 0.3 is 0 Å². The van der Waals surface area contributed by atoms with Gasteiger partial charge < -0.3 is 13.2 Å². The second-order valence-corrected chi connectivity index (χ2v) is 12.0. The molecule has 0 aliphatic carbocycles. The molecule has 7 aromatic carbocycles. The van der Waals surface area contributed by atoms with Crippen LogP contribution in [0.25, 0.3) is 104 Å². The Hall–Kier alpha value is -6.06. The third-order valence-electron chi connectivity index (χ3n) is 9.75. The van der Waals surface area contributed by atoms with E-state index >= 15 is 0 Å². The molecule has 0 N–H and O–H groups in total. The van der Waals surface area contributed by atoms with Crippen LogP contribution in [0.5, 0.6) is 0 Å². The third-order valence-corrected chi connectivity index (χ3v) is 9.75. The molecule has 0 unspecified atom stereocenters. The van der Waals surface area contributed by atoms with Crippen molar-refractivity contribution >= 4 is 82.0 Å². The number of aromatic nitrogens is 1. The minimum absolute atomic E-state index is 0.916. The maximum absolute atomic E-state index is 6.51. The lowest BCUT2D eigenvalue weighted by molar-refractivity contribution is 0.669. The van der Waals surface area contributed by atoms with Crippen LogP contribution >= 0.6 is 0 Å². The van der Waals surface area contributed by atoms with Gasteiger partial charge in [0.2, 0.25) is 0 Å². The number of hydrogen-bond donors (Lipinski definition) is 0. The van der Waals surface area contributed by atoms with Crippen LogP contribution in [0.15, 0.2) is 148 Å². The van der Waals surface area contributed by atoms with Crippen molar-refractivity contribution in [2.45, 2.75) is 0 Å². The van der Waals surface area contributed by atoms with Crippen LogP contribution in [0.2, 0.25) is 0 Å². The molecular formula is C42H23NO2. The van der Waals surface area contributed by atoms with Crippen LogP contribution in [0.3, 0.4) is 0 Å². The van der Waals surface area contributed by atoms with Gasteiger partial charge in [0.05, 0.1) is 16.6 Å². The van der Waals surface area contributed by atoms with Gasteiger partial charge in [0.25, 0.3) is 0 Å². The lowest BCUT2D eigenvalue weighted by Crippen LogP contribution is -1.85. The highest BCUT2D eigenvalue weighted by Crippen LogP contribution is 2.47. The summed E-state index contributed by atoms with van der Waals surface area (Å²) in [4.78, 5) is 0. The zero-order chi connectivity index (χ0) is 29.2. The van der Waals surface area contributed by atoms with Crippen LogP contribution < -0.4 is 0 Å². The van der Waals surface area contributed by atoms with Crippen molar-refractivity contribution in [2.75, 3.05) is 0 Å². The Morgan fingerprint density at radius 1 is 0.333 bits per heavy atom. The van der Waals surface area contributed by atoms with Gasteiger partial charge in [-0.3, -0.25) is 0 Å². The maximum Gasteiger partial charge on any atom is 0.143 e. The minimum atomic E-state index is 0.916. The zero-order valence-corrected chi connectivity index (χ0v) is 24.0. The molecule has 4 heterocycles. The van der Waals surface area contributed by atoms with E-state index in [4.69, 9.17) is 8.83 Å². The van der Waals surface area contributed by atoms with Gasteiger partial charge in [-0.2, -0.15) is 0 Å². The predicted octanol–water partition coefficient (Wildman–Crippen LogP) is 12.0. The van der Waals surface area contributed by atoms with Gasteiger partial charge in [-0.1, -0.05) is 115 Å². The Morgan fingerprint density at radius 3 is 1.27 bits per heavy atom. The molecule has 3 nitrogen and oxygen atoms in total. The lowest BCUT2D eigenvalue weighted by atomic mass is 9.95. The molecular weight excluding hydrogens is 550 g/mol. The van der Waals surface area contributed by atoms with Gasteiger partial charge in [-0.05, 0) is 35.4 Å². The summed E-state index contributed by atoms with van der Waals surface area (Å²) in [5.41, 5.74) is 11.9. The van der Waals surface area contributed by atoms with E-state index in [0.29, 0.717) is 0 Å². The van der Waals surface area contributed by atoms with Crippen molar-refractivity contribution in [3.8, 4) is 22.3 Å². The summed E-state index contributed by atoms with van der Waals surface area (Å²) in [6.07, 6.45) is 0. The van der Waals surface area contributed by atoms with Gasteiger partial charge in [0, 0.05) is 54.2 Å². The quantitative estimate of drug-likeness (QED) is 0.206. The van der Waals surface area contributed by atoms with Crippen LogP contribution in [0, 0.1) is 0 Å². The van der Waals surface area contributed by atoms with E-state index in [9.17, 15) is 0 Å². The molecule has 0 fully saturated rings. The van der Waals surface area contributed by atoms with Crippen LogP contribution in [0.4, 0.5) is 0 Å². The highest BCUT2D eigenvalue weighted by Gasteiger charge is 2.23. The number of benzene rings is 7. The molecule has 0 aliphatic heterocycles. The van der Waals surface area contributed by atoms with Gasteiger partial charge in [0.1, 0.15) is 22.3 Å². The summed E-state index contributed by atoms with van der Waals surface area (Å²) in [7, 11) is 0. The largest absolute Gasteiger partial charge is 0.455 e. The molecule has 0 atom stereocenters. The van der Waals surface area contributed by atoms with Gasteiger partial charge in [-0.15, -0.1) is 0 Å². The Kier molecular flexibility index (Phi) is 4.32. The molecule has 11 aromatic rings. The van der Waals surface area contributed by atoms with Crippen molar-refractivity contribution in [3.05, 3.63) is 140 Å². The first-order valence-corrected chi connectivity index (χ1v) is 15.4. The molecule has 45 heavy (non-hydrogen) atoms. The number of fused-ring (bicyclic) bond motifs is 12. The number of nitrogens with zero attached hydrogens (tertiary/aromatic N) is 1. The molecule has 3 heteroatoms. The van der Waals surface area contributed by atoms with Crippen LogP contribution in [-0.2, 0) is 0 Å². The van der Waals surface area contributed by atoms with E-state index in [-0.39, 0.29) is 0 Å². The number of hydrogen-bond acceptors (Lipinski definition) is 2. The summed E-state index contributed by atoms with van der Waals surface area (Å²) in [6, 6.07) is 49.7. The van der Waals surface area contributed by atoms with Gasteiger partial charge in [-0.25, -0.2) is 0 Å². The smallest absolute Gasteiger partial charge is 0.143 e. The zero-order valence-electron chi connectivity index (χ0n) is 24.0. The van der Waals surface area contributed by atoms with E-state index < -0.39 is 0 Å². The fourth-order valence-electron chi connectivity index (χ4n) is 7.95. The number of furan rings is 2. The molecule has 0 radical (unpaired) electrons. The standard InChI is InChI=1S/C42H23NO2/c1-3-22-36-24(10-1)28-14-5-16-30(41(28)44-36)26-12-8-20-34-38(26)32-18-7-19-33-39-27(13-9-21-35(39)43(34)40(32)33)31-17-6-15-29-25-11-2-4-23-37(25)45-42(29)31/h1-23H. The van der Waals surface area contributed by atoms with E-state index in [1.807, 2.05) is 12.1 Å². The summed E-state index contributed by atoms with van der Waals surface area (Å²) < 4.78 is 15.5. The molecule has 0 saturated heterocycles. The normalized spacial score (nSPS) is 12.4. The van der Waals surface area contributed by atoms with Crippen LogP contribution in [0.1, 0.15) is 0 Å². The molecule has 208 valence electrons. The Morgan fingerprint density at radius 2 is 0.733 bits per heavy atom. The Balaban J connectivity index is 1.25. The summed E-state index contributed by atoms with van der Waals surface area (Å²) in [5, 5.41) is 9.57. The molecule has 0 spiro atoms. The summed E-state index contributed by atoms with van der Waals surface area (Å²) >= 11 is 0. The first-order chi connectivity index (χ1) is 22.3. The fourth-order valence-corrected chi connectivity index (χ4v) is 7.95. The van der Waals surface area contributed by atoms with Crippen molar-refractivity contribution in [1.29, 1.82) is 0 Å². The van der Waals surface area contributed by atoms with Crippen LogP contribution in [-0.4, -0.2) is 4.40 Å². The summed E-state index contributed by atoms with van der Waals surface area (Å²) in [5.74, 6) is 0. The minimum Gasteiger partial charge on any atom is -0.455 e. The van der Waals surface area contributed by atoms with Crippen molar-refractivity contribution in [3.63, 3.8) is 0 Å². The third kappa shape index (κ3) is 2.90. The average Bonchev–Trinajstić information content (AvgIpc) is 3.85. The number of para-hydroxylation sites is 5. The highest BCUT2D eigenvalue weighted by atomic mass is 16.3. The highest BCUT2D eigenvalue weighted by molar-refractivity contribution is 6.29. The van der Waals surface area contributed by atoms with E-state index in [1.165, 1.54) is 49.2 Å². The van der Waals surface area contributed by atoms with Crippen molar-refractivity contribution in [2.24, 2.45) is 0 Å². The van der Waals surface area contributed by atoms with E-state index in [1.54, 1.807) is 0 Å². The predicted molar refractivity (Wildman–Crippen MR) is 187 cm³/mol. The van der Waals surface area contributed by atoms with E-state index in [0.717, 1.165) is 55.0 Å². The molecule has 11 rings (SSSR count). The first kappa shape index (κ1) is 23.4. The average molecular weight is 574 g/mol. The SMILES string of the molecule is c1ccc2c(c1)oc1c(-c3cccc4c3c3cccc5c6c(-c7cccc8c7oc7ccccc78)cccc6n4c35)cccc12. The topological polar surface area (TPSA) is 30.7 Å². The maximum atomic E-state index is 6.51.